The monoisotopic (exact) mass is 520 g/mol. The maximum Gasteiger partial charge on any atom is 0.333 e. The minimum atomic E-state index is 0.0384. The van der Waals surface area contributed by atoms with Crippen molar-refractivity contribution in [1.29, 1.82) is 0 Å². The van der Waals surface area contributed by atoms with Crippen molar-refractivity contribution in [3.05, 3.63) is 115 Å². The van der Waals surface area contributed by atoms with Gasteiger partial charge in [-0.05, 0) is 48.2 Å². The van der Waals surface area contributed by atoms with Crippen LogP contribution < -0.4 is 10.9 Å². The van der Waals surface area contributed by atoms with Gasteiger partial charge in [-0.25, -0.2) is 0 Å². The van der Waals surface area contributed by atoms with Crippen molar-refractivity contribution in [2.75, 3.05) is 0 Å². The average molecular weight is 520 g/mol. The third-order valence-corrected chi connectivity index (χ3v) is 9.73. The molecule has 11 rings (SSSR count). The molecule has 41 heavy (non-hydrogen) atoms. The predicted molar refractivity (Wildman–Crippen MR) is 172 cm³/mol. The largest absolute Gasteiger partial charge is 0.455 e. The van der Waals surface area contributed by atoms with Crippen molar-refractivity contribution in [3.8, 4) is 16.8 Å². The SMILES string of the molecule is Cc1ccc2c(c1)c1cccc3c1n2-c1cc2c(oc4ccccc42)c2c1B3n1c3ccccc3c3cccc-2c31. The summed E-state index contributed by atoms with van der Waals surface area (Å²) in [5.74, 6) is 0. The van der Waals surface area contributed by atoms with Gasteiger partial charge in [-0.2, -0.15) is 0 Å². The zero-order valence-electron chi connectivity index (χ0n) is 22.3. The Morgan fingerprint density at radius 1 is 0.610 bits per heavy atom. The third kappa shape index (κ3) is 2.22. The second-order valence-corrected chi connectivity index (χ2v) is 11.8. The van der Waals surface area contributed by atoms with Crippen LogP contribution in [0.4, 0.5) is 0 Å². The van der Waals surface area contributed by atoms with Crippen LogP contribution in [-0.4, -0.2) is 15.9 Å². The molecule has 0 fully saturated rings. The molecule has 188 valence electrons. The van der Waals surface area contributed by atoms with E-state index in [4.69, 9.17) is 4.42 Å². The summed E-state index contributed by atoms with van der Waals surface area (Å²) in [6, 6.07) is 40.4. The Kier molecular flexibility index (Phi) is 3.39. The van der Waals surface area contributed by atoms with Gasteiger partial charge in [0.05, 0.1) is 11.0 Å². The van der Waals surface area contributed by atoms with Crippen LogP contribution in [-0.2, 0) is 0 Å². The van der Waals surface area contributed by atoms with Crippen molar-refractivity contribution < 1.29 is 4.42 Å². The van der Waals surface area contributed by atoms with E-state index in [-0.39, 0.29) is 6.85 Å². The lowest BCUT2D eigenvalue weighted by atomic mass is 9.45. The van der Waals surface area contributed by atoms with Crippen LogP contribution in [0.5, 0.6) is 0 Å². The zero-order chi connectivity index (χ0) is 26.6. The molecule has 5 heterocycles. The summed E-state index contributed by atoms with van der Waals surface area (Å²) < 4.78 is 11.9. The first-order chi connectivity index (χ1) is 20.3. The molecule has 2 aliphatic rings. The van der Waals surface area contributed by atoms with Gasteiger partial charge in [0, 0.05) is 60.2 Å². The normalized spacial score (nSPS) is 13.4. The Morgan fingerprint density at radius 2 is 1.39 bits per heavy atom. The van der Waals surface area contributed by atoms with E-state index in [0.717, 1.165) is 11.2 Å². The van der Waals surface area contributed by atoms with Crippen LogP contribution in [0.1, 0.15) is 5.56 Å². The van der Waals surface area contributed by atoms with Gasteiger partial charge in [-0.3, -0.25) is 0 Å². The Bertz CT molecular complexity index is 2670. The average Bonchev–Trinajstić information content (AvgIpc) is 3.66. The lowest BCUT2D eigenvalue weighted by Gasteiger charge is -2.34. The molecule has 2 aliphatic heterocycles. The van der Waals surface area contributed by atoms with Gasteiger partial charge in [0.25, 0.3) is 0 Å². The molecule has 0 bridgehead atoms. The molecule has 0 spiro atoms. The minimum absolute atomic E-state index is 0.0384. The number of furan rings is 1. The fraction of sp³-hybridized carbons (Fsp3) is 0.0270. The Hall–Kier alpha value is -5.22. The zero-order valence-corrected chi connectivity index (χ0v) is 22.3. The highest BCUT2D eigenvalue weighted by molar-refractivity contribution is 6.90. The molecule has 9 aromatic rings. The first-order valence-corrected chi connectivity index (χ1v) is 14.3. The molecule has 0 N–H and O–H groups in total. The number of hydrogen-bond donors (Lipinski definition) is 0. The molecular formula is C37H21BN2O. The first kappa shape index (κ1) is 20.7. The second-order valence-electron chi connectivity index (χ2n) is 11.8. The van der Waals surface area contributed by atoms with Crippen LogP contribution in [0.25, 0.3) is 82.4 Å². The summed E-state index contributed by atoms with van der Waals surface area (Å²) in [6.45, 7) is 2.23. The maximum absolute atomic E-state index is 6.77. The van der Waals surface area contributed by atoms with E-state index in [9.17, 15) is 0 Å². The lowest BCUT2D eigenvalue weighted by Crippen LogP contribution is -2.55. The van der Waals surface area contributed by atoms with Crippen molar-refractivity contribution in [2.45, 2.75) is 6.92 Å². The number of aromatic nitrogens is 2. The Morgan fingerprint density at radius 3 is 2.32 bits per heavy atom. The molecule has 6 aromatic carbocycles. The summed E-state index contributed by atoms with van der Waals surface area (Å²) in [7, 11) is 0. The molecular weight excluding hydrogens is 499 g/mol. The van der Waals surface area contributed by atoms with Gasteiger partial charge in [0.1, 0.15) is 11.2 Å². The summed E-state index contributed by atoms with van der Waals surface area (Å²) in [5, 5.41) is 7.57. The highest BCUT2D eigenvalue weighted by Gasteiger charge is 2.42. The molecule has 0 unspecified atom stereocenters. The number of hydrogen-bond acceptors (Lipinski definition) is 1. The number of fused-ring (bicyclic) bond motifs is 14. The molecule has 3 nitrogen and oxygen atoms in total. The van der Waals surface area contributed by atoms with E-state index in [1.165, 1.54) is 87.7 Å². The lowest BCUT2D eigenvalue weighted by molar-refractivity contribution is 0.670. The maximum atomic E-state index is 6.77. The number of nitrogens with zero attached hydrogens (tertiary/aromatic N) is 2. The predicted octanol–water partition coefficient (Wildman–Crippen LogP) is 8.05. The van der Waals surface area contributed by atoms with Crippen molar-refractivity contribution in [3.63, 3.8) is 0 Å². The van der Waals surface area contributed by atoms with Gasteiger partial charge in [-0.15, -0.1) is 0 Å². The highest BCUT2D eigenvalue weighted by Crippen LogP contribution is 2.46. The smallest absolute Gasteiger partial charge is 0.333 e. The first-order valence-electron chi connectivity index (χ1n) is 14.3. The molecule has 0 saturated heterocycles. The van der Waals surface area contributed by atoms with E-state index in [1.54, 1.807) is 0 Å². The molecule has 4 heteroatoms. The van der Waals surface area contributed by atoms with E-state index in [0.29, 0.717) is 0 Å². The van der Waals surface area contributed by atoms with Gasteiger partial charge in [-0.1, -0.05) is 84.4 Å². The molecule has 0 radical (unpaired) electrons. The molecule has 0 atom stereocenters. The van der Waals surface area contributed by atoms with Crippen molar-refractivity contribution >= 4 is 83.3 Å². The second kappa shape index (κ2) is 6.73. The number of benzene rings is 6. The van der Waals surface area contributed by atoms with Gasteiger partial charge >= 0.3 is 6.85 Å². The van der Waals surface area contributed by atoms with Gasteiger partial charge in [0.2, 0.25) is 0 Å². The Balaban J connectivity index is 1.48. The van der Waals surface area contributed by atoms with Crippen LogP contribution in [0.15, 0.2) is 114 Å². The quantitative estimate of drug-likeness (QED) is 0.186. The number of para-hydroxylation sites is 4. The molecule has 0 saturated carbocycles. The van der Waals surface area contributed by atoms with E-state index in [1.807, 2.05) is 0 Å². The van der Waals surface area contributed by atoms with E-state index in [2.05, 4.69) is 125 Å². The van der Waals surface area contributed by atoms with E-state index >= 15 is 0 Å². The molecule has 0 aliphatic carbocycles. The van der Waals surface area contributed by atoms with Crippen LogP contribution in [0, 0.1) is 6.92 Å². The minimum Gasteiger partial charge on any atom is -0.455 e. The van der Waals surface area contributed by atoms with Gasteiger partial charge < -0.3 is 13.5 Å². The van der Waals surface area contributed by atoms with Crippen LogP contribution >= 0.6 is 0 Å². The van der Waals surface area contributed by atoms with Crippen LogP contribution in [0.3, 0.4) is 0 Å². The molecule has 3 aromatic heterocycles. The van der Waals surface area contributed by atoms with Gasteiger partial charge in [0.15, 0.2) is 0 Å². The fourth-order valence-electron chi connectivity index (χ4n) is 8.21. The van der Waals surface area contributed by atoms with Crippen molar-refractivity contribution in [2.24, 2.45) is 0 Å². The topological polar surface area (TPSA) is 23.0 Å². The number of aryl methyl sites for hydroxylation is 1. The summed E-state index contributed by atoms with van der Waals surface area (Å²) in [4.78, 5) is 0. The fourth-order valence-corrected chi connectivity index (χ4v) is 8.21. The molecule has 0 amide bonds. The summed E-state index contributed by atoms with van der Waals surface area (Å²) in [6.07, 6.45) is 0. The third-order valence-electron chi connectivity index (χ3n) is 9.73. The van der Waals surface area contributed by atoms with Crippen LogP contribution in [0.2, 0.25) is 0 Å². The Labute approximate surface area is 234 Å². The van der Waals surface area contributed by atoms with Crippen molar-refractivity contribution in [1.82, 2.24) is 9.05 Å². The summed E-state index contributed by atoms with van der Waals surface area (Å²) >= 11 is 0. The highest BCUT2D eigenvalue weighted by atomic mass is 16.3. The number of rotatable bonds is 0. The standard InChI is InChI=1S/C37H21BN2O/c1-20-16-17-29-26(18-20)24-11-7-13-28-36(24)39(29)31-19-27-22-9-3-5-15-32(22)41-37(27)33-25-12-6-10-23-21-8-2-4-14-30(21)40(35(23)25)38(28)34(31)33/h2-19H,1H3. The van der Waals surface area contributed by atoms with E-state index < -0.39 is 0 Å². The summed E-state index contributed by atoms with van der Waals surface area (Å²) in [5.41, 5.74) is 14.8.